The summed E-state index contributed by atoms with van der Waals surface area (Å²) in [5.74, 6) is 0.418. The summed E-state index contributed by atoms with van der Waals surface area (Å²) in [5, 5.41) is 9.86. The van der Waals surface area contributed by atoms with Crippen LogP contribution in [0.15, 0.2) is 48.6 Å². The van der Waals surface area contributed by atoms with Crippen LogP contribution in [0.3, 0.4) is 0 Å². The van der Waals surface area contributed by atoms with Crippen molar-refractivity contribution in [1.29, 1.82) is 0 Å². The second-order valence-electron chi connectivity index (χ2n) is 5.35. The fourth-order valence-corrected chi connectivity index (χ4v) is 2.98. The van der Waals surface area contributed by atoms with Gasteiger partial charge in [0.15, 0.2) is 0 Å². The van der Waals surface area contributed by atoms with Gasteiger partial charge in [0.1, 0.15) is 11.2 Å². The molecule has 118 valence electrons. The molecule has 22 heavy (non-hydrogen) atoms. The fourth-order valence-electron chi connectivity index (χ4n) is 2.87. The van der Waals surface area contributed by atoms with Gasteiger partial charge in [-0.15, -0.1) is 11.6 Å². The number of halogens is 1. The van der Waals surface area contributed by atoms with Crippen LogP contribution < -0.4 is 4.74 Å². The summed E-state index contributed by atoms with van der Waals surface area (Å²) < 4.78 is 5.57. The highest BCUT2D eigenvalue weighted by Gasteiger charge is 2.44. The van der Waals surface area contributed by atoms with Gasteiger partial charge in [-0.3, -0.25) is 4.79 Å². The maximum atomic E-state index is 12.0. The number of benzene rings is 1. The van der Waals surface area contributed by atoms with Crippen LogP contribution in [0.5, 0.6) is 5.75 Å². The Morgan fingerprint density at radius 1 is 1.32 bits per heavy atom. The van der Waals surface area contributed by atoms with Crippen LogP contribution in [0.1, 0.15) is 25.3 Å². The minimum absolute atomic E-state index is 0.0574. The molecule has 0 radical (unpaired) electrons. The van der Waals surface area contributed by atoms with Gasteiger partial charge < -0.3 is 9.84 Å². The van der Waals surface area contributed by atoms with Gasteiger partial charge in [0.2, 0.25) is 0 Å². The summed E-state index contributed by atoms with van der Waals surface area (Å²) in [6.07, 6.45) is 9.03. The number of carboxylic acids is 1. The lowest BCUT2D eigenvalue weighted by Crippen LogP contribution is -2.41. The molecule has 1 aliphatic rings. The van der Waals surface area contributed by atoms with Crippen molar-refractivity contribution >= 4 is 17.6 Å². The zero-order valence-electron chi connectivity index (χ0n) is 12.7. The molecule has 1 aromatic rings. The summed E-state index contributed by atoms with van der Waals surface area (Å²) in [5.41, 5.74) is -0.227. The van der Waals surface area contributed by atoms with Gasteiger partial charge in [-0.2, -0.15) is 0 Å². The van der Waals surface area contributed by atoms with Crippen molar-refractivity contribution in [3.05, 3.63) is 54.1 Å². The van der Waals surface area contributed by atoms with E-state index in [0.29, 0.717) is 12.5 Å². The van der Waals surface area contributed by atoms with Crippen LogP contribution in [-0.2, 0) is 10.2 Å². The van der Waals surface area contributed by atoms with E-state index in [0.717, 1.165) is 24.2 Å². The average Bonchev–Trinajstić information content (AvgIpc) is 2.55. The molecule has 1 N–H and O–H groups in total. The lowest BCUT2D eigenvalue weighted by molar-refractivity contribution is -0.143. The van der Waals surface area contributed by atoms with E-state index in [2.05, 4.69) is 0 Å². The predicted octanol–water partition coefficient (Wildman–Crippen LogP) is 4.17. The Morgan fingerprint density at radius 2 is 2.05 bits per heavy atom. The van der Waals surface area contributed by atoms with Crippen LogP contribution in [-0.4, -0.2) is 23.6 Å². The molecular formula is C18H21ClO3. The third-order valence-corrected chi connectivity index (χ3v) is 4.34. The topological polar surface area (TPSA) is 46.5 Å². The molecule has 2 rings (SSSR count). The van der Waals surface area contributed by atoms with Gasteiger partial charge in [0, 0.05) is 11.8 Å². The Balaban J connectivity index is 2.28. The van der Waals surface area contributed by atoms with E-state index in [1.54, 1.807) is 6.08 Å². The van der Waals surface area contributed by atoms with Crippen molar-refractivity contribution in [2.45, 2.75) is 25.2 Å². The lowest BCUT2D eigenvalue weighted by Gasteiger charge is -2.34. The molecule has 1 aliphatic carbocycles. The number of ether oxygens (including phenoxy) is 1. The maximum Gasteiger partial charge on any atom is 0.318 e. The lowest BCUT2D eigenvalue weighted by atomic mass is 9.67. The van der Waals surface area contributed by atoms with Crippen LogP contribution in [0.25, 0.3) is 0 Å². The van der Waals surface area contributed by atoms with Gasteiger partial charge in [0.05, 0.1) is 6.61 Å². The van der Waals surface area contributed by atoms with Crippen LogP contribution >= 0.6 is 11.6 Å². The van der Waals surface area contributed by atoms with Crippen molar-refractivity contribution in [3.63, 3.8) is 0 Å². The third kappa shape index (κ3) is 3.20. The van der Waals surface area contributed by atoms with Crippen LogP contribution in [0.4, 0.5) is 0 Å². The first-order chi connectivity index (χ1) is 10.6. The van der Waals surface area contributed by atoms with Crippen molar-refractivity contribution in [2.24, 2.45) is 5.92 Å². The summed E-state index contributed by atoms with van der Waals surface area (Å²) >= 11 is 5.62. The first-order valence-corrected chi connectivity index (χ1v) is 8.07. The molecule has 1 aromatic carbocycles. The van der Waals surface area contributed by atoms with Gasteiger partial charge in [-0.1, -0.05) is 43.4 Å². The van der Waals surface area contributed by atoms with Crippen molar-refractivity contribution in [3.8, 4) is 5.75 Å². The van der Waals surface area contributed by atoms with E-state index in [4.69, 9.17) is 16.3 Å². The number of carbonyl (C=O) groups is 1. The summed E-state index contributed by atoms with van der Waals surface area (Å²) in [6, 6.07) is 7.34. The average molecular weight is 321 g/mol. The Hall–Kier alpha value is -1.74. The number of carboxylic acid groups (broad SMARTS) is 1. The standard InChI is InChI=1S/C18H21ClO3/c1-2-14-6-3-4-11-18(14,17(20)21)15-7-9-16(10-8-15)22-13-5-12-19/h3-4,6-11,14H,2,5,12-13H2,1H3,(H,20,21). The number of allylic oxidation sites excluding steroid dienone is 3. The monoisotopic (exact) mass is 320 g/mol. The van der Waals surface area contributed by atoms with Crippen molar-refractivity contribution < 1.29 is 14.6 Å². The number of alkyl halides is 1. The Bertz CT molecular complexity index is 562. The second kappa shape index (κ2) is 7.50. The Labute approximate surface area is 136 Å². The van der Waals surface area contributed by atoms with Gasteiger partial charge in [-0.05, 0) is 30.5 Å². The normalized spacial score (nSPS) is 23.5. The molecule has 2 atom stereocenters. The number of hydrogen-bond donors (Lipinski definition) is 1. The third-order valence-electron chi connectivity index (χ3n) is 4.07. The highest BCUT2D eigenvalue weighted by molar-refractivity contribution is 6.17. The SMILES string of the molecule is CCC1C=CC=CC1(C(=O)O)c1ccc(OCCCCl)cc1. The largest absolute Gasteiger partial charge is 0.494 e. The Morgan fingerprint density at radius 3 is 2.64 bits per heavy atom. The maximum absolute atomic E-state index is 12.0. The summed E-state index contributed by atoms with van der Waals surface area (Å²) in [7, 11) is 0. The number of rotatable bonds is 7. The molecule has 2 unspecified atom stereocenters. The van der Waals surface area contributed by atoms with Gasteiger partial charge in [0.25, 0.3) is 0 Å². The van der Waals surface area contributed by atoms with E-state index in [9.17, 15) is 9.90 Å². The fraction of sp³-hybridized carbons (Fsp3) is 0.389. The molecule has 0 aliphatic heterocycles. The van der Waals surface area contributed by atoms with Gasteiger partial charge >= 0.3 is 5.97 Å². The van der Waals surface area contributed by atoms with E-state index < -0.39 is 11.4 Å². The predicted molar refractivity (Wildman–Crippen MR) is 88.6 cm³/mol. The highest BCUT2D eigenvalue weighted by Crippen LogP contribution is 2.40. The van der Waals surface area contributed by atoms with Crippen molar-refractivity contribution in [1.82, 2.24) is 0 Å². The zero-order valence-corrected chi connectivity index (χ0v) is 13.4. The minimum Gasteiger partial charge on any atom is -0.494 e. The smallest absolute Gasteiger partial charge is 0.318 e. The molecule has 0 saturated carbocycles. The van der Waals surface area contributed by atoms with Crippen molar-refractivity contribution in [2.75, 3.05) is 12.5 Å². The number of hydrogen-bond acceptors (Lipinski definition) is 2. The number of aliphatic carboxylic acids is 1. The van der Waals surface area contributed by atoms with E-state index >= 15 is 0 Å². The van der Waals surface area contributed by atoms with E-state index in [-0.39, 0.29) is 5.92 Å². The molecule has 0 amide bonds. The molecule has 4 heteroatoms. The second-order valence-corrected chi connectivity index (χ2v) is 5.73. The molecule has 0 spiro atoms. The van der Waals surface area contributed by atoms with E-state index in [1.807, 2.05) is 49.4 Å². The molecule has 0 saturated heterocycles. The highest BCUT2D eigenvalue weighted by atomic mass is 35.5. The Kier molecular flexibility index (Phi) is 5.67. The zero-order chi connectivity index (χ0) is 16.0. The molecule has 0 heterocycles. The molecule has 0 aromatic heterocycles. The molecule has 0 fully saturated rings. The molecule has 3 nitrogen and oxygen atoms in total. The van der Waals surface area contributed by atoms with Gasteiger partial charge in [-0.25, -0.2) is 0 Å². The summed E-state index contributed by atoms with van der Waals surface area (Å²) in [6.45, 7) is 2.57. The molecule has 0 bridgehead atoms. The first kappa shape index (κ1) is 16.6. The molecular weight excluding hydrogens is 300 g/mol. The first-order valence-electron chi connectivity index (χ1n) is 7.54. The quantitative estimate of drug-likeness (QED) is 0.606. The van der Waals surface area contributed by atoms with Crippen LogP contribution in [0, 0.1) is 5.92 Å². The van der Waals surface area contributed by atoms with E-state index in [1.165, 1.54) is 0 Å². The van der Waals surface area contributed by atoms with Crippen LogP contribution in [0.2, 0.25) is 0 Å². The summed E-state index contributed by atoms with van der Waals surface area (Å²) in [4.78, 5) is 12.0. The minimum atomic E-state index is -1.00.